The molecule has 0 spiro atoms. The summed E-state index contributed by atoms with van der Waals surface area (Å²) < 4.78 is 0. The van der Waals surface area contributed by atoms with Crippen LogP contribution in [0.25, 0.3) is 10.9 Å². The van der Waals surface area contributed by atoms with Crippen molar-refractivity contribution in [1.29, 1.82) is 0 Å². The van der Waals surface area contributed by atoms with Crippen molar-refractivity contribution in [1.82, 2.24) is 4.98 Å². The van der Waals surface area contributed by atoms with Crippen LogP contribution in [0.1, 0.15) is 5.69 Å². The first kappa shape index (κ1) is 11.5. The van der Waals surface area contributed by atoms with Crippen LogP contribution >= 0.6 is 0 Å². The zero-order valence-corrected chi connectivity index (χ0v) is 10.6. The lowest BCUT2D eigenvalue weighted by atomic mass is 10.1. The van der Waals surface area contributed by atoms with Crippen molar-refractivity contribution in [3.63, 3.8) is 0 Å². The van der Waals surface area contributed by atoms with Crippen molar-refractivity contribution >= 4 is 22.3 Å². The first-order valence-corrected chi connectivity index (χ1v) is 6.15. The number of aromatic hydroxyl groups is 1. The fourth-order valence-corrected chi connectivity index (χ4v) is 2.11. The fourth-order valence-electron chi connectivity index (χ4n) is 2.11. The second kappa shape index (κ2) is 4.61. The lowest BCUT2D eigenvalue weighted by Crippen LogP contribution is -1.94. The van der Waals surface area contributed by atoms with Gasteiger partial charge in [0.25, 0.3) is 0 Å². The Hall–Kier alpha value is -2.55. The predicted molar refractivity (Wildman–Crippen MR) is 77.9 cm³/mol. The highest BCUT2D eigenvalue weighted by Crippen LogP contribution is 2.26. The van der Waals surface area contributed by atoms with Crippen LogP contribution in [-0.2, 0) is 0 Å². The first-order valence-electron chi connectivity index (χ1n) is 6.15. The molecule has 0 fully saturated rings. The largest absolute Gasteiger partial charge is 0.508 e. The molecular formula is C16H14N2O. The molecule has 0 radical (unpaired) electrons. The van der Waals surface area contributed by atoms with E-state index in [1.807, 2.05) is 49.4 Å². The summed E-state index contributed by atoms with van der Waals surface area (Å²) in [5, 5.41) is 13.7. The lowest BCUT2D eigenvalue weighted by Gasteiger charge is -2.10. The Labute approximate surface area is 111 Å². The second-order valence-corrected chi connectivity index (χ2v) is 4.50. The quantitative estimate of drug-likeness (QED) is 0.676. The zero-order valence-electron chi connectivity index (χ0n) is 10.6. The molecule has 3 rings (SSSR count). The second-order valence-electron chi connectivity index (χ2n) is 4.50. The highest BCUT2D eigenvalue weighted by Gasteiger charge is 2.03. The number of hydrogen-bond acceptors (Lipinski definition) is 3. The number of phenolic OH excluding ortho intramolecular Hbond substituents is 1. The smallest absolute Gasteiger partial charge is 0.115 e. The SMILES string of the molecule is Cc1cc(Nc2ccc(O)cc2)c2ccccc2n1. The van der Waals surface area contributed by atoms with Crippen molar-refractivity contribution in [2.24, 2.45) is 0 Å². The van der Waals surface area contributed by atoms with Gasteiger partial charge in [-0.3, -0.25) is 4.98 Å². The highest BCUT2D eigenvalue weighted by molar-refractivity contribution is 5.93. The molecule has 0 aliphatic carbocycles. The minimum Gasteiger partial charge on any atom is -0.508 e. The number of rotatable bonds is 2. The average Bonchev–Trinajstić information content (AvgIpc) is 2.41. The van der Waals surface area contributed by atoms with Crippen LogP contribution in [-0.4, -0.2) is 10.1 Å². The molecule has 0 aliphatic rings. The molecule has 3 aromatic rings. The number of pyridine rings is 1. The molecule has 1 aromatic heterocycles. The molecule has 94 valence electrons. The summed E-state index contributed by atoms with van der Waals surface area (Å²) in [6.45, 7) is 1.98. The topological polar surface area (TPSA) is 45.1 Å². The van der Waals surface area contributed by atoms with E-state index in [1.54, 1.807) is 12.1 Å². The summed E-state index contributed by atoms with van der Waals surface area (Å²) in [5.41, 5.74) is 3.91. The van der Waals surface area contributed by atoms with Gasteiger partial charge in [-0.2, -0.15) is 0 Å². The van der Waals surface area contributed by atoms with Gasteiger partial charge in [-0.05, 0) is 43.3 Å². The van der Waals surface area contributed by atoms with Gasteiger partial charge in [-0.15, -0.1) is 0 Å². The zero-order chi connectivity index (χ0) is 13.2. The number of benzene rings is 2. The van der Waals surface area contributed by atoms with E-state index in [1.165, 1.54) is 0 Å². The number of aryl methyl sites for hydroxylation is 1. The maximum atomic E-state index is 9.30. The molecule has 0 aliphatic heterocycles. The Morgan fingerprint density at radius 1 is 1.00 bits per heavy atom. The maximum Gasteiger partial charge on any atom is 0.115 e. The minimum absolute atomic E-state index is 0.265. The number of hydrogen-bond donors (Lipinski definition) is 2. The number of anilines is 2. The van der Waals surface area contributed by atoms with Gasteiger partial charge in [0.15, 0.2) is 0 Å². The van der Waals surface area contributed by atoms with Crippen LogP contribution in [0.5, 0.6) is 5.75 Å². The third-order valence-corrected chi connectivity index (χ3v) is 2.99. The van der Waals surface area contributed by atoms with Gasteiger partial charge in [0.05, 0.1) is 5.52 Å². The Morgan fingerprint density at radius 2 is 1.74 bits per heavy atom. The predicted octanol–water partition coefficient (Wildman–Crippen LogP) is 3.99. The molecule has 0 unspecified atom stereocenters. The van der Waals surface area contributed by atoms with E-state index in [9.17, 15) is 5.11 Å². The normalized spacial score (nSPS) is 10.6. The van der Waals surface area contributed by atoms with E-state index < -0.39 is 0 Å². The number of para-hydroxylation sites is 1. The van der Waals surface area contributed by atoms with Crippen molar-refractivity contribution < 1.29 is 5.11 Å². The number of phenols is 1. The number of nitrogens with one attached hydrogen (secondary N) is 1. The Morgan fingerprint density at radius 3 is 2.53 bits per heavy atom. The molecular weight excluding hydrogens is 236 g/mol. The monoisotopic (exact) mass is 250 g/mol. The number of nitrogens with zero attached hydrogens (tertiary/aromatic N) is 1. The molecule has 19 heavy (non-hydrogen) atoms. The van der Waals surface area contributed by atoms with Gasteiger partial charge in [0, 0.05) is 22.5 Å². The van der Waals surface area contributed by atoms with Gasteiger partial charge in [0.2, 0.25) is 0 Å². The summed E-state index contributed by atoms with van der Waals surface area (Å²) in [5.74, 6) is 0.265. The molecule has 0 saturated heterocycles. The third-order valence-electron chi connectivity index (χ3n) is 2.99. The van der Waals surface area contributed by atoms with E-state index in [4.69, 9.17) is 0 Å². The van der Waals surface area contributed by atoms with Crippen LogP contribution in [0.15, 0.2) is 54.6 Å². The summed E-state index contributed by atoms with van der Waals surface area (Å²) in [4.78, 5) is 4.51. The molecule has 0 saturated carbocycles. The van der Waals surface area contributed by atoms with Crippen LogP contribution in [0.3, 0.4) is 0 Å². The van der Waals surface area contributed by atoms with Gasteiger partial charge in [-0.1, -0.05) is 18.2 Å². The van der Waals surface area contributed by atoms with E-state index in [2.05, 4.69) is 10.3 Å². The van der Waals surface area contributed by atoms with Crippen LogP contribution < -0.4 is 5.32 Å². The van der Waals surface area contributed by atoms with Crippen molar-refractivity contribution in [2.75, 3.05) is 5.32 Å². The maximum absolute atomic E-state index is 9.30. The molecule has 3 nitrogen and oxygen atoms in total. The highest BCUT2D eigenvalue weighted by atomic mass is 16.3. The Bertz CT molecular complexity index is 720. The summed E-state index contributed by atoms with van der Waals surface area (Å²) in [6.07, 6.45) is 0. The van der Waals surface area contributed by atoms with Gasteiger partial charge in [0.1, 0.15) is 5.75 Å². The summed E-state index contributed by atoms with van der Waals surface area (Å²) >= 11 is 0. The van der Waals surface area contributed by atoms with Crippen molar-refractivity contribution in [3.05, 3.63) is 60.3 Å². The van der Waals surface area contributed by atoms with Gasteiger partial charge >= 0.3 is 0 Å². The molecule has 3 heteroatoms. The summed E-state index contributed by atoms with van der Waals surface area (Å²) in [6, 6.07) is 17.1. The van der Waals surface area contributed by atoms with Crippen LogP contribution in [0, 0.1) is 6.92 Å². The minimum atomic E-state index is 0.265. The average molecular weight is 250 g/mol. The Kier molecular flexibility index (Phi) is 2.80. The van der Waals surface area contributed by atoms with Gasteiger partial charge < -0.3 is 10.4 Å². The number of fused-ring (bicyclic) bond motifs is 1. The molecule has 0 bridgehead atoms. The standard InChI is InChI=1S/C16H14N2O/c1-11-10-16(14-4-2-3-5-15(14)17-11)18-12-6-8-13(19)9-7-12/h2-10,19H,1H3,(H,17,18). The summed E-state index contributed by atoms with van der Waals surface area (Å²) in [7, 11) is 0. The number of aromatic nitrogens is 1. The molecule has 2 N–H and O–H groups in total. The third kappa shape index (κ3) is 2.36. The van der Waals surface area contributed by atoms with Crippen LogP contribution in [0.2, 0.25) is 0 Å². The van der Waals surface area contributed by atoms with Crippen molar-refractivity contribution in [3.8, 4) is 5.75 Å². The van der Waals surface area contributed by atoms with E-state index in [-0.39, 0.29) is 5.75 Å². The first-order chi connectivity index (χ1) is 9.22. The van der Waals surface area contributed by atoms with E-state index >= 15 is 0 Å². The molecule has 2 aromatic carbocycles. The Balaban J connectivity index is 2.07. The van der Waals surface area contributed by atoms with Gasteiger partial charge in [-0.25, -0.2) is 0 Å². The fraction of sp³-hybridized carbons (Fsp3) is 0.0625. The molecule has 0 atom stereocenters. The van der Waals surface area contributed by atoms with Crippen LogP contribution in [0.4, 0.5) is 11.4 Å². The molecule has 1 heterocycles. The molecule has 0 amide bonds. The van der Waals surface area contributed by atoms with Crippen molar-refractivity contribution in [2.45, 2.75) is 6.92 Å². The lowest BCUT2D eigenvalue weighted by molar-refractivity contribution is 0.475. The van der Waals surface area contributed by atoms with E-state index in [0.29, 0.717) is 0 Å². The van der Waals surface area contributed by atoms with E-state index in [0.717, 1.165) is 28.0 Å².